The summed E-state index contributed by atoms with van der Waals surface area (Å²) in [6.07, 6.45) is 1.09. The number of carbonyl (C=O) groups is 1. The van der Waals surface area contributed by atoms with Crippen LogP contribution in [0.15, 0.2) is 5.16 Å². The molecule has 0 fully saturated rings. The van der Waals surface area contributed by atoms with E-state index in [1.54, 1.807) is 29.5 Å². The maximum absolute atomic E-state index is 10.5. The lowest BCUT2D eigenvalue weighted by atomic mass is 10.6. The van der Waals surface area contributed by atoms with Crippen LogP contribution >= 0.6 is 34.8 Å². The third-order valence-electron chi connectivity index (χ3n) is 1.00. The largest absolute Gasteiger partial charge is 0.465 e. The van der Waals surface area contributed by atoms with Crippen molar-refractivity contribution in [3.8, 4) is 0 Å². The predicted molar refractivity (Wildman–Crippen MR) is 72.1 cm³/mol. The fraction of sp³-hybridized carbons (Fsp3) is 0.625. The highest BCUT2D eigenvalue weighted by Crippen LogP contribution is 1.92. The van der Waals surface area contributed by atoms with Crippen LogP contribution in [0.3, 0.4) is 0 Å². The molecule has 0 heterocycles. The number of esters is 1. The summed E-state index contributed by atoms with van der Waals surface area (Å²) in [6.45, 7) is 5.33. The lowest BCUT2D eigenvalue weighted by Crippen LogP contribution is -2.24. The van der Waals surface area contributed by atoms with Gasteiger partial charge in [0.05, 0.1) is 18.3 Å². The van der Waals surface area contributed by atoms with E-state index < -0.39 is 0 Å². The summed E-state index contributed by atoms with van der Waals surface area (Å²) in [4.78, 5) is 27.6. The average Bonchev–Trinajstić information content (AvgIpc) is 2.27. The first-order chi connectivity index (χ1) is 8.08. The molecule has 0 atom stereocenters. The molecule has 0 aliphatic heterocycles. The summed E-state index contributed by atoms with van der Waals surface area (Å²) in [5, 5.41) is 5.45. The van der Waals surface area contributed by atoms with Gasteiger partial charge in [-0.25, -0.2) is 9.68 Å². The minimum Gasteiger partial charge on any atom is -0.465 e. The van der Waals surface area contributed by atoms with Crippen molar-refractivity contribution in [1.82, 2.24) is 5.32 Å². The molecule has 0 aromatic heterocycles. The first-order valence-corrected chi connectivity index (χ1v) is 6.03. The molecule has 0 amide bonds. The Morgan fingerprint density at radius 1 is 1.53 bits per heavy atom. The number of ether oxygens (including phenoxy) is 1. The molecule has 0 spiro atoms. The summed E-state index contributed by atoms with van der Waals surface area (Å²) in [5.41, 5.74) is 0. The van der Waals surface area contributed by atoms with Gasteiger partial charge in [0.25, 0.3) is 9.14 Å². The summed E-state index contributed by atoms with van der Waals surface area (Å²) in [5.74, 6) is -0.181. The Bertz CT molecular complexity index is 269. The van der Waals surface area contributed by atoms with Gasteiger partial charge in [0.1, 0.15) is 0 Å². The molecule has 0 radical (unpaired) electrons. The Morgan fingerprint density at radius 3 is 2.59 bits per heavy atom. The predicted octanol–water partition coefficient (Wildman–Crippen LogP) is 1.06. The van der Waals surface area contributed by atoms with Crippen molar-refractivity contribution in [2.75, 3.05) is 19.7 Å². The van der Waals surface area contributed by atoms with Gasteiger partial charge in [0.15, 0.2) is 0 Å². The first-order valence-electron chi connectivity index (χ1n) is 4.55. The molecule has 0 aromatic rings. The Labute approximate surface area is 118 Å². The third-order valence-corrected chi connectivity index (χ3v) is 1.25. The zero-order valence-corrected chi connectivity index (χ0v) is 12.4. The molecular formula is C8H13IN2O5S. The van der Waals surface area contributed by atoms with E-state index in [0.29, 0.717) is 13.2 Å². The van der Waals surface area contributed by atoms with Crippen LogP contribution in [0.1, 0.15) is 13.8 Å². The van der Waals surface area contributed by atoms with Gasteiger partial charge in [-0.05, 0) is 25.7 Å². The molecule has 7 nitrogen and oxygen atoms in total. The number of nitrogens with zero attached hydrogens (tertiary/aromatic N) is 1. The van der Waals surface area contributed by atoms with Crippen LogP contribution in [0.4, 0.5) is 0 Å². The van der Waals surface area contributed by atoms with Crippen LogP contribution < -0.4 is 5.32 Å². The van der Waals surface area contributed by atoms with Crippen LogP contribution in [0.25, 0.3) is 0 Å². The van der Waals surface area contributed by atoms with Crippen molar-refractivity contribution < 1.29 is 24.2 Å². The van der Waals surface area contributed by atoms with Crippen molar-refractivity contribution in [3.63, 3.8) is 0 Å². The molecular weight excluding hydrogens is 363 g/mol. The molecule has 0 aliphatic carbocycles. The number of isocyanates is 1. The molecule has 9 heteroatoms. The molecule has 0 bridgehead atoms. The van der Waals surface area contributed by atoms with Crippen molar-refractivity contribution in [2.45, 2.75) is 13.8 Å². The minimum absolute atomic E-state index is 0.126. The molecule has 98 valence electrons. The van der Waals surface area contributed by atoms with E-state index in [1.165, 1.54) is 0 Å². The Hall–Kier alpha value is -0.770. The second-order valence-electron chi connectivity index (χ2n) is 2.16. The molecule has 1 N–H and O–H groups in total. The van der Waals surface area contributed by atoms with Gasteiger partial charge in [-0.3, -0.25) is 4.79 Å². The van der Waals surface area contributed by atoms with Crippen molar-refractivity contribution in [3.05, 3.63) is 0 Å². The van der Waals surface area contributed by atoms with E-state index in [9.17, 15) is 9.59 Å². The lowest BCUT2D eigenvalue weighted by molar-refractivity contribution is -0.215. The standard InChI is InChI=1S/C6H13NO2.C2INO3S/c1-3-7-5-6(8)9-4-2;3-2(8)6-7-4-1-5/h7H,3-5H2,1-2H3;. The highest BCUT2D eigenvalue weighted by molar-refractivity contribution is 14.1. The van der Waals surface area contributed by atoms with Crippen molar-refractivity contribution in [2.24, 2.45) is 5.16 Å². The molecule has 0 saturated carbocycles. The molecule has 17 heavy (non-hydrogen) atoms. The van der Waals surface area contributed by atoms with Crippen LogP contribution in [-0.2, 0) is 24.2 Å². The zero-order valence-electron chi connectivity index (χ0n) is 9.40. The smallest absolute Gasteiger partial charge is 0.319 e. The number of hydrogen-bond acceptors (Lipinski definition) is 8. The number of hydrogen-bond donors (Lipinski definition) is 1. The number of likely N-dealkylation sites (N-methyl/N-ethyl adjacent to an activating group) is 1. The van der Waals surface area contributed by atoms with Crippen LogP contribution in [-0.4, -0.2) is 34.8 Å². The number of thiocarbonyl (C=S) groups is 1. The maximum Gasteiger partial charge on any atom is 0.319 e. The van der Waals surface area contributed by atoms with E-state index in [0.717, 1.165) is 12.6 Å². The molecule has 0 saturated heterocycles. The lowest BCUT2D eigenvalue weighted by Gasteiger charge is -1.99. The van der Waals surface area contributed by atoms with Gasteiger partial charge in [0.2, 0.25) is 0 Å². The average molecular weight is 376 g/mol. The Kier molecular flexibility index (Phi) is 16.7. The van der Waals surface area contributed by atoms with Crippen LogP contribution in [0.5, 0.6) is 0 Å². The Balaban J connectivity index is 0. The van der Waals surface area contributed by atoms with Gasteiger partial charge in [-0.2, -0.15) is 4.99 Å². The van der Waals surface area contributed by atoms with Gasteiger partial charge in [0, 0.05) is 22.6 Å². The SMILES string of the molecule is CCNCC(=O)OCC.O=C=NOOC(=S)I. The highest BCUT2D eigenvalue weighted by Gasteiger charge is 1.96. The topological polar surface area (TPSA) is 86.2 Å². The number of halogens is 1. The van der Waals surface area contributed by atoms with Gasteiger partial charge < -0.3 is 10.1 Å². The zero-order chi connectivity index (χ0) is 13.5. The number of rotatable bonds is 6. The first kappa shape index (κ1) is 18.6. The number of carbonyl (C=O) groups excluding carboxylic acids is 2. The molecule has 0 unspecified atom stereocenters. The summed E-state index contributed by atoms with van der Waals surface area (Å²) >= 11 is 6.04. The van der Waals surface area contributed by atoms with Crippen molar-refractivity contribution >= 4 is 49.9 Å². The van der Waals surface area contributed by atoms with Crippen LogP contribution in [0, 0.1) is 0 Å². The van der Waals surface area contributed by atoms with Gasteiger partial charge in [-0.15, -0.1) is 0 Å². The third kappa shape index (κ3) is 21.1. The van der Waals surface area contributed by atoms with E-state index in [-0.39, 0.29) is 9.03 Å². The van der Waals surface area contributed by atoms with E-state index in [4.69, 9.17) is 0 Å². The molecule has 0 aromatic carbocycles. The van der Waals surface area contributed by atoms with Crippen LogP contribution in [0.2, 0.25) is 0 Å². The normalized spacial score (nSPS) is 7.94. The minimum atomic E-state index is -0.181. The fourth-order valence-corrected chi connectivity index (χ4v) is 0.613. The second kappa shape index (κ2) is 15.2. The van der Waals surface area contributed by atoms with E-state index in [2.05, 4.69) is 37.3 Å². The monoisotopic (exact) mass is 376 g/mol. The van der Waals surface area contributed by atoms with Gasteiger partial charge in [-0.1, -0.05) is 6.92 Å². The van der Waals surface area contributed by atoms with Crippen molar-refractivity contribution in [1.29, 1.82) is 0 Å². The maximum atomic E-state index is 10.5. The summed E-state index contributed by atoms with van der Waals surface area (Å²) in [6, 6.07) is 0. The molecule has 0 rings (SSSR count). The Morgan fingerprint density at radius 2 is 2.18 bits per heavy atom. The van der Waals surface area contributed by atoms with E-state index >= 15 is 0 Å². The highest BCUT2D eigenvalue weighted by atomic mass is 127. The molecule has 0 aliphatic rings. The van der Waals surface area contributed by atoms with Gasteiger partial charge >= 0.3 is 5.97 Å². The summed E-state index contributed by atoms with van der Waals surface area (Å²) in [7, 11) is 0. The quantitative estimate of drug-likeness (QED) is 0.108. The number of nitrogens with one attached hydrogen (secondary N) is 1. The fourth-order valence-electron chi connectivity index (χ4n) is 0.502. The van der Waals surface area contributed by atoms with E-state index in [1.807, 2.05) is 6.92 Å². The summed E-state index contributed by atoms with van der Waals surface area (Å²) < 4.78 is 4.77. The second-order valence-corrected chi connectivity index (χ2v) is 4.25.